The molecule has 0 aromatic heterocycles. The minimum Gasteiger partial charge on any atom is -0.466 e. The molecule has 2 unspecified atom stereocenters. The molecule has 0 radical (unpaired) electrons. The zero-order valence-corrected chi connectivity index (χ0v) is 44.4. The van der Waals surface area contributed by atoms with E-state index in [2.05, 4.69) is 31.3 Å². The third-order valence-electron chi connectivity index (χ3n) is 13.7. The lowest BCUT2D eigenvalue weighted by atomic mass is 10.0. The molecule has 0 saturated carbocycles. The van der Waals surface area contributed by atoms with Crippen LogP contribution < -0.4 is 5.32 Å². The minimum atomic E-state index is -0.841. The van der Waals surface area contributed by atoms with Crippen molar-refractivity contribution in [1.29, 1.82) is 0 Å². The molecule has 6 heteroatoms. The molecule has 0 fully saturated rings. The van der Waals surface area contributed by atoms with E-state index in [-0.39, 0.29) is 18.5 Å². The Morgan fingerprint density at radius 2 is 0.712 bits per heavy atom. The van der Waals surface area contributed by atoms with E-state index < -0.39 is 12.1 Å². The fourth-order valence-corrected chi connectivity index (χ4v) is 9.16. The van der Waals surface area contributed by atoms with Gasteiger partial charge in [-0.1, -0.05) is 276 Å². The largest absolute Gasteiger partial charge is 0.466 e. The van der Waals surface area contributed by atoms with Crippen molar-refractivity contribution >= 4 is 11.9 Å². The van der Waals surface area contributed by atoms with Gasteiger partial charge in [0.2, 0.25) is 5.91 Å². The lowest BCUT2D eigenvalue weighted by Gasteiger charge is -2.20. The number of amides is 1. The van der Waals surface area contributed by atoms with E-state index >= 15 is 0 Å². The summed E-state index contributed by atoms with van der Waals surface area (Å²) in [6.45, 7) is 4.89. The van der Waals surface area contributed by atoms with E-state index in [1.165, 1.54) is 250 Å². The number of allylic oxidation sites excluding steroid dienone is 3. The summed E-state index contributed by atoms with van der Waals surface area (Å²) in [5.74, 6) is -0.0610. The molecule has 1 amide bonds. The summed E-state index contributed by atoms with van der Waals surface area (Å²) in [4.78, 5) is 24.4. The van der Waals surface area contributed by atoms with Gasteiger partial charge in [0, 0.05) is 12.8 Å². The average molecular weight is 931 g/mol. The van der Waals surface area contributed by atoms with E-state index in [1.807, 2.05) is 6.08 Å². The highest BCUT2D eigenvalue weighted by atomic mass is 16.5. The van der Waals surface area contributed by atoms with Crippen molar-refractivity contribution in [2.75, 3.05) is 13.2 Å². The van der Waals surface area contributed by atoms with Crippen molar-refractivity contribution in [2.45, 2.75) is 334 Å². The van der Waals surface area contributed by atoms with Crippen LogP contribution in [0.5, 0.6) is 0 Å². The molecule has 6 nitrogen and oxygen atoms in total. The maximum absolute atomic E-state index is 12.4. The number of aliphatic hydroxyl groups excluding tert-OH is 2. The van der Waals surface area contributed by atoms with Gasteiger partial charge in [-0.05, 0) is 57.8 Å². The summed E-state index contributed by atoms with van der Waals surface area (Å²) in [5.41, 5.74) is 0. The second-order valence-corrected chi connectivity index (χ2v) is 20.3. The van der Waals surface area contributed by atoms with Crippen molar-refractivity contribution in [3.63, 3.8) is 0 Å². The normalized spacial score (nSPS) is 12.7. The Hall–Kier alpha value is -1.66. The van der Waals surface area contributed by atoms with Gasteiger partial charge in [-0.25, -0.2) is 0 Å². The molecular weight excluding hydrogens is 815 g/mol. The van der Waals surface area contributed by atoms with Gasteiger partial charge in [0.15, 0.2) is 0 Å². The highest BCUT2D eigenvalue weighted by Crippen LogP contribution is 2.17. The summed E-state index contributed by atoms with van der Waals surface area (Å²) in [6.07, 6.45) is 67.9. The first kappa shape index (κ1) is 64.3. The van der Waals surface area contributed by atoms with Crippen LogP contribution in [0, 0.1) is 0 Å². The van der Waals surface area contributed by atoms with Crippen LogP contribution in [0.1, 0.15) is 322 Å². The summed E-state index contributed by atoms with van der Waals surface area (Å²) in [6, 6.07) is -0.625. The van der Waals surface area contributed by atoms with Gasteiger partial charge in [-0.2, -0.15) is 0 Å². The average Bonchev–Trinajstić information content (AvgIpc) is 3.32. The number of ether oxygens (including phenoxy) is 1. The van der Waals surface area contributed by atoms with Crippen LogP contribution >= 0.6 is 0 Å². The van der Waals surface area contributed by atoms with Crippen LogP contribution in [0.4, 0.5) is 0 Å². The molecule has 0 aliphatic rings. The fourth-order valence-electron chi connectivity index (χ4n) is 9.16. The summed E-state index contributed by atoms with van der Waals surface area (Å²) in [7, 11) is 0. The molecule has 0 aliphatic carbocycles. The number of hydrogen-bond acceptors (Lipinski definition) is 5. The third kappa shape index (κ3) is 51.7. The molecule has 0 saturated heterocycles. The lowest BCUT2D eigenvalue weighted by molar-refractivity contribution is -0.143. The van der Waals surface area contributed by atoms with E-state index in [0.717, 1.165) is 44.9 Å². The molecule has 0 aromatic carbocycles. The zero-order valence-electron chi connectivity index (χ0n) is 44.4. The predicted octanol–water partition coefficient (Wildman–Crippen LogP) is 18.2. The van der Waals surface area contributed by atoms with Crippen molar-refractivity contribution in [2.24, 2.45) is 0 Å². The Morgan fingerprint density at radius 3 is 1.08 bits per heavy atom. The Balaban J connectivity index is 3.36. The van der Waals surface area contributed by atoms with Crippen LogP contribution in [0.25, 0.3) is 0 Å². The van der Waals surface area contributed by atoms with Crippen LogP contribution in [0.2, 0.25) is 0 Å². The molecule has 0 spiro atoms. The van der Waals surface area contributed by atoms with Crippen molar-refractivity contribution in [3.05, 3.63) is 24.3 Å². The standard InChI is InChI=1S/C60H115NO5/c1-3-5-7-9-11-13-15-16-30-34-38-42-46-50-54-60(65)66-55-51-47-43-39-35-31-28-26-24-22-20-18-17-19-21-23-25-27-29-33-37-41-45-49-53-59(64)61-57(56-62)58(63)52-48-44-40-36-32-14-12-10-8-6-4-2/h15-16,48,52,57-58,62-63H,3-14,17-47,49-51,53-56H2,1-2H3,(H,61,64)/b16-15-,52-48+. The molecule has 0 bridgehead atoms. The van der Waals surface area contributed by atoms with Crippen molar-refractivity contribution < 1.29 is 24.5 Å². The first-order chi connectivity index (χ1) is 32.5. The molecule has 0 aliphatic heterocycles. The number of carbonyl (C=O) groups is 2. The van der Waals surface area contributed by atoms with Crippen LogP contribution in [-0.2, 0) is 14.3 Å². The molecule has 2 atom stereocenters. The topological polar surface area (TPSA) is 95.9 Å². The minimum absolute atomic E-state index is 0.00639. The van der Waals surface area contributed by atoms with Gasteiger partial charge >= 0.3 is 5.97 Å². The van der Waals surface area contributed by atoms with Crippen LogP contribution in [0.15, 0.2) is 24.3 Å². The molecule has 66 heavy (non-hydrogen) atoms. The van der Waals surface area contributed by atoms with Crippen LogP contribution in [-0.4, -0.2) is 47.4 Å². The van der Waals surface area contributed by atoms with Gasteiger partial charge in [-0.15, -0.1) is 0 Å². The number of esters is 1. The monoisotopic (exact) mass is 930 g/mol. The number of unbranched alkanes of at least 4 members (excludes halogenated alkanes) is 42. The van der Waals surface area contributed by atoms with E-state index in [4.69, 9.17) is 4.74 Å². The van der Waals surface area contributed by atoms with Gasteiger partial charge < -0.3 is 20.3 Å². The fraction of sp³-hybridized carbons (Fsp3) is 0.900. The Kier molecular flexibility index (Phi) is 54.5. The molecule has 0 rings (SSSR count). The Bertz CT molecular complexity index is 1030. The van der Waals surface area contributed by atoms with E-state index in [0.29, 0.717) is 19.4 Å². The van der Waals surface area contributed by atoms with Gasteiger partial charge in [0.1, 0.15) is 0 Å². The quantitative estimate of drug-likeness (QED) is 0.0321. The third-order valence-corrected chi connectivity index (χ3v) is 13.7. The summed E-state index contributed by atoms with van der Waals surface area (Å²) >= 11 is 0. The second-order valence-electron chi connectivity index (χ2n) is 20.3. The number of hydrogen-bond donors (Lipinski definition) is 3. The van der Waals surface area contributed by atoms with E-state index in [9.17, 15) is 19.8 Å². The summed E-state index contributed by atoms with van der Waals surface area (Å²) in [5, 5.41) is 23.0. The van der Waals surface area contributed by atoms with Gasteiger partial charge in [0.05, 0.1) is 25.4 Å². The van der Waals surface area contributed by atoms with Crippen LogP contribution in [0.3, 0.4) is 0 Å². The number of carbonyl (C=O) groups excluding carboxylic acids is 2. The van der Waals surface area contributed by atoms with Gasteiger partial charge in [0.25, 0.3) is 0 Å². The lowest BCUT2D eigenvalue weighted by Crippen LogP contribution is -2.45. The molecule has 3 N–H and O–H groups in total. The molecular formula is C60H115NO5. The van der Waals surface area contributed by atoms with Crippen molar-refractivity contribution in [1.82, 2.24) is 5.32 Å². The van der Waals surface area contributed by atoms with Crippen molar-refractivity contribution in [3.8, 4) is 0 Å². The molecule has 390 valence electrons. The number of rotatable bonds is 55. The molecule has 0 heterocycles. The smallest absolute Gasteiger partial charge is 0.305 e. The Labute approximate surface area is 411 Å². The number of nitrogens with one attached hydrogen (secondary N) is 1. The second kappa shape index (κ2) is 55.9. The highest BCUT2D eigenvalue weighted by molar-refractivity contribution is 5.76. The maximum Gasteiger partial charge on any atom is 0.305 e. The zero-order chi connectivity index (χ0) is 47.9. The molecule has 0 aromatic rings. The van der Waals surface area contributed by atoms with Gasteiger partial charge in [-0.3, -0.25) is 9.59 Å². The highest BCUT2D eigenvalue weighted by Gasteiger charge is 2.18. The maximum atomic E-state index is 12.4. The predicted molar refractivity (Wildman–Crippen MR) is 287 cm³/mol. The first-order valence-corrected chi connectivity index (χ1v) is 29.6. The number of aliphatic hydroxyl groups is 2. The Morgan fingerprint density at radius 1 is 0.409 bits per heavy atom. The summed E-state index contributed by atoms with van der Waals surface area (Å²) < 4.78 is 5.48. The SMILES string of the molecule is CCCCCCC/C=C\CCCCCCCC(=O)OCCCCCCCCCCCCCCCCCCCCCCCCCCC(=O)NC(CO)C(O)/C=C/CCCCCCCCCCC. The van der Waals surface area contributed by atoms with E-state index in [1.54, 1.807) is 6.08 Å². The first-order valence-electron chi connectivity index (χ1n) is 29.6.